The van der Waals surface area contributed by atoms with Crippen molar-refractivity contribution in [3.05, 3.63) is 27.7 Å². The zero-order valence-corrected chi connectivity index (χ0v) is 11.7. The van der Waals surface area contributed by atoms with Crippen molar-refractivity contribution in [2.75, 3.05) is 13.7 Å². The number of carbonyl (C=O) groups is 1. The SMILES string of the molecule is COC(=O)C(C)(O)COc1ccc(Cl)cc1Br. The van der Waals surface area contributed by atoms with Gasteiger partial charge in [-0.1, -0.05) is 11.6 Å². The molecule has 1 N–H and O–H groups in total. The van der Waals surface area contributed by atoms with Crippen LogP contribution in [0.2, 0.25) is 5.02 Å². The molecule has 1 unspecified atom stereocenters. The molecule has 0 radical (unpaired) electrons. The van der Waals surface area contributed by atoms with E-state index in [1.54, 1.807) is 18.2 Å². The third-order valence-corrected chi connectivity index (χ3v) is 2.88. The van der Waals surface area contributed by atoms with Crippen LogP contribution in [0.5, 0.6) is 5.75 Å². The zero-order valence-electron chi connectivity index (χ0n) is 9.37. The minimum absolute atomic E-state index is 0.208. The summed E-state index contributed by atoms with van der Waals surface area (Å²) in [6.07, 6.45) is 0. The maximum Gasteiger partial charge on any atom is 0.341 e. The molecule has 1 rings (SSSR count). The molecule has 0 amide bonds. The molecule has 4 nitrogen and oxygen atoms in total. The van der Waals surface area contributed by atoms with Gasteiger partial charge in [0.15, 0.2) is 5.60 Å². The predicted molar refractivity (Wildman–Crippen MR) is 67.3 cm³/mol. The predicted octanol–water partition coefficient (Wildman–Crippen LogP) is 2.41. The van der Waals surface area contributed by atoms with E-state index < -0.39 is 11.6 Å². The Balaban J connectivity index is 2.70. The van der Waals surface area contributed by atoms with Crippen LogP contribution in [-0.2, 0) is 9.53 Å². The van der Waals surface area contributed by atoms with Gasteiger partial charge in [0.1, 0.15) is 12.4 Å². The van der Waals surface area contributed by atoms with Gasteiger partial charge in [0.2, 0.25) is 0 Å². The maximum absolute atomic E-state index is 11.2. The number of esters is 1. The minimum atomic E-state index is -1.69. The summed E-state index contributed by atoms with van der Waals surface area (Å²) in [5, 5.41) is 10.3. The van der Waals surface area contributed by atoms with E-state index >= 15 is 0 Å². The van der Waals surface area contributed by atoms with Crippen LogP contribution in [0.1, 0.15) is 6.92 Å². The van der Waals surface area contributed by atoms with E-state index in [0.29, 0.717) is 15.2 Å². The lowest BCUT2D eigenvalue weighted by atomic mass is 10.1. The van der Waals surface area contributed by atoms with Crippen LogP contribution in [0.3, 0.4) is 0 Å². The average molecular weight is 324 g/mol. The molecule has 94 valence electrons. The first kappa shape index (κ1) is 14.3. The Morgan fingerprint density at radius 3 is 2.76 bits per heavy atom. The molecule has 1 aromatic rings. The van der Waals surface area contributed by atoms with Gasteiger partial charge in [0, 0.05) is 5.02 Å². The van der Waals surface area contributed by atoms with E-state index in [0.717, 1.165) is 0 Å². The normalized spacial score (nSPS) is 13.9. The van der Waals surface area contributed by atoms with E-state index in [1.807, 2.05) is 0 Å². The lowest BCUT2D eigenvalue weighted by molar-refractivity contribution is -0.163. The molecular weight excluding hydrogens is 311 g/mol. The molecule has 0 aliphatic heterocycles. The topological polar surface area (TPSA) is 55.8 Å². The average Bonchev–Trinajstić information content (AvgIpc) is 2.26. The van der Waals surface area contributed by atoms with Gasteiger partial charge in [0.05, 0.1) is 11.6 Å². The first-order valence-electron chi connectivity index (χ1n) is 4.75. The minimum Gasteiger partial charge on any atom is -0.489 e. The summed E-state index contributed by atoms with van der Waals surface area (Å²) < 4.78 is 10.4. The van der Waals surface area contributed by atoms with Crippen molar-refractivity contribution in [2.24, 2.45) is 0 Å². The summed E-state index contributed by atoms with van der Waals surface area (Å²) >= 11 is 9.03. The fourth-order valence-electron chi connectivity index (χ4n) is 1.09. The molecule has 0 aliphatic rings. The van der Waals surface area contributed by atoms with Crippen LogP contribution >= 0.6 is 27.5 Å². The van der Waals surface area contributed by atoms with Crippen LogP contribution in [0.25, 0.3) is 0 Å². The maximum atomic E-state index is 11.2. The van der Waals surface area contributed by atoms with Gasteiger partial charge in [-0.2, -0.15) is 0 Å². The molecule has 6 heteroatoms. The van der Waals surface area contributed by atoms with Gasteiger partial charge < -0.3 is 14.6 Å². The number of halogens is 2. The first-order chi connectivity index (χ1) is 7.86. The Labute approximate surface area is 113 Å². The molecule has 0 bridgehead atoms. The van der Waals surface area contributed by atoms with E-state index in [1.165, 1.54) is 14.0 Å². The summed E-state index contributed by atoms with van der Waals surface area (Å²) in [5.74, 6) is -0.263. The molecule has 0 aliphatic carbocycles. The van der Waals surface area contributed by atoms with Crippen LogP contribution < -0.4 is 4.74 Å². The molecule has 1 atom stereocenters. The number of ether oxygens (including phenoxy) is 2. The quantitative estimate of drug-likeness (QED) is 0.865. The molecule has 0 saturated heterocycles. The number of methoxy groups -OCH3 is 1. The first-order valence-corrected chi connectivity index (χ1v) is 5.92. The van der Waals surface area contributed by atoms with Gasteiger partial charge in [-0.15, -0.1) is 0 Å². The summed E-state index contributed by atoms with van der Waals surface area (Å²) in [4.78, 5) is 11.2. The second-order valence-corrected chi connectivity index (χ2v) is 4.92. The summed E-state index contributed by atoms with van der Waals surface area (Å²) in [6.45, 7) is 1.11. The van der Waals surface area contributed by atoms with Crippen molar-refractivity contribution in [1.29, 1.82) is 0 Å². The largest absolute Gasteiger partial charge is 0.489 e. The van der Waals surface area contributed by atoms with Crippen molar-refractivity contribution in [3.63, 3.8) is 0 Å². The Morgan fingerprint density at radius 1 is 1.59 bits per heavy atom. The monoisotopic (exact) mass is 322 g/mol. The van der Waals surface area contributed by atoms with Crippen molar-refractivity contribution < 1.29 is 19.4 Å². The summed E-state index contributed by atoms with van der Waals surface area (Å²) in [6, 6.07) is 4.94. The van der Waals surface area contributed by atoms with Gasteiger partial charge in [0.25, 0.3) is 0 Å². The molecule has 1 aromatic carbocycles. The Kier molecular flexibility index (Phi) is 4.80. The second kappa shape index (κ2) is 5.71. The van der Waals surface area contributed by atoms with E-state index in [9.17, 15) is 9.90 Å². The van der Waals surface area contributed by atoms with E-state index in [-0.39, 0.29) is 6.61 Å². The van der Waals surface area contributed by atoms with Crippen LogP contribution in [0.4, 0.5) is 0 Å². The Morgan fingerprint density at radius 2 is 2.24 bits per heavy atom. The van der Waals surface area contributed by atoms with Gasteiger partial charge in [-0.25, -0.2) is 4.79 Å². The summed E-state index contributed by atoms with van der Waals surface area (Å²) in [5.41, 5.74) is -1.69. The fourth-order valence-corrected chi connectivity index (χ4v) is 1.89. The second-order valence-electron chi connectivity index (χ2n) is 3.63. The van der Waals surface area contributed by atoms with Gasteiger partial charge in [-0.05, 0) is 41.1 Å². The third kappa shape index (κ3) is 3.87. The van der Waals surface area contributed by atoms with Crippen molar-refractivity contribution in [3.8, 4) is 5.75 Å². The number of aliphatic hydroxyl groups is 1. The summed E-state index contributed by atoms with van der Waals surface area (Å²) in [7, 11) is 1.20. The van der Waals surface area contributed by atoms with E-state index in [2.05, 4.69) is 20.7 Å². The van der Waals surface area contributed by atoms with Crippen molar-refractivity contribution >= 4 is 33.5 Å². The molecule has 17 heavy (non-hydrogen) atoms. The highest BCUT2D eigenvalue weighted by Crippen LogP contribution is 2.28. The van der Waals surface area contributed by atoms with Crippen LogP contribution in [0.15, 0.2) is 22.7 Å². The Bertz CT molecular complexity index is 420. The van der Waals surface area contributed by atoms with Crippen LogP contribution in [-0.4, -0.2) is 30.4 Å². The van der Waals surface area contributed by atoms with Crippen LogP contribution in [0, 0.1) is 0 Å². The number of benzene rings is 1. The molecule has 0 fully saturated rings. The number of hydrogen-bond donors (Lipinski definition) is 1. The number of rotatable bonds is 4. The standard InChI is InChI=1S/C11H12BrClO4/c1-11(15,10(14)16-2)6-17-9-4-3-7(13)5-8(9)12/h3-5,15H,6H2,1-2H3. The third-order valence-electron chi connectivity index (χ3n) is 2.03. The highest BCUT2D eigenvalue weighted by atomic mass is 79.9. The molecule has 0 spiro atoms. The highest BCUT2D eigenvalue weighted by molar-refractivity contribution is 9.10. The number of hydrogen-bond acceptors (Lipinski definition) is 4. The molecular formula is C11H12BrClO4. The number of carbonyl (C=O) groups excluding carboxylic acids is 1. The van der Waals surface area contributed by atoms with E-state index in [4.69, 9.17) is 16.3 Å². The highest BCUT2D eigenvalue weighted by Gasteiger charge is 2.32. The smallest absolute Gasteiger partial charge is 0.341 e. The van der Waals surface area contributed by atoms with Crippen molar-refractivity contribution in [1.82, 2.24) is 0 Å². The lowest BCUT2D eigenvalue weighted by Gasteiger charge is -2.20. The molecule has 0 heterocycles. The molecule has 0 saturated carbocycles. The van der Waals surface area contributed by atoms with Gasteiger partial charge >= 0.3 is 5.97 Å². The zero-order chi connectivity index (χ0) is 13.1. The molecule has 0 aromatic heterocycles. The lowest BCUT2D eigenvalue weighted by Crippen LogP contribution is -2.42. The fraction of sp³-hybridized carbons (Fsp3) is 0.364. The van der Waals surface area contributed by atoms with Crippen molar-refractivity contribution in [2.45, 2.75) is 12.5 Å². The van der Waals surface area contributed by atoms with Gasteiger partial charge in [-0.3, -0.25) is 0 Å². The Hall–Kier alpha value is -0.780.